The van der Waals surface area contributed by atoms with Crippen LogP contribution >= 0.6 is 15.9 Å². The van der Waals surface area contributed by atoms with Crippen molar-refractivity contribution in [1.29, 1.82) is 0 Å². The van der Waals surface area contributed by atoms with Crippen molar-refractivity contribution in [3.63, 3.8) is 0 Å². The lowest BCUT2D eigenvalue weighted by molar-refractivity contribution is 0.870. The Kier molecular flexibility index (Phi) is 2.57. The smallest absolute Gasteiger partial charge is 0.276 e. The number of aromatic nitrogens is 3. The van der Waals surface area contributed by atoms with Crippen LogP contribution in [0, 0.1) is 0 Å². The van der Waals surface area contributed by atoms with Gasteiger partial charge in [0, 0.05) is 21.8 Å². The number of halogens is 1. The maximum absolute atomic E-state index is 12.4. The van der Waals surface area contributed by atoms with Gasteiger partial charge in [-0.05, 0) is 37.0 Å². The summed E-state index contributed by atoms with van der Waals surface area (Å²) in [6.45, 7) is 0. The molecule has 100 valence electrons. The molecule has 0 bridgehead atoms. The van der Waals surface area contributed by atoms with Crippen LogP contribution in [0.2, 0.25) is 0 Å². The van der Waals surface area contributed by atoms with Gasteiger partial charge in [-0.1, -0.05) is 28.1 Å². The van der Waals surface area contributed by atoms with E-state index >= 15 is 0 Å². The maximum atomic E-state index is 12.4. The number of nitrogens with zero attached hydrogens (tertiary/aromatic N) is 2. The van der Waals surface area contributed by atoms with E-state index in [1.807, 2.05) is 30.5 Å². The fourth-order valence-corrected chi connectivity index (χ4v) is 3.25. The lowest BCUT2D eigenvalue weighted by Gasteiger charge is -2.02. The summed E-state index contributed by atoms with van der Waals surface area (Å²) in [7, 11) is 0. The van der Waals surface area contributed by atoms with Crippen molar-refractivity contribution in [2.45, 2.75) is 19.3 Å². The van der Waals surface area contributed by atoms with Crippen LogP contribution in [0.1, 0.15) is 17.7 Å². The summed E-state index contributed by atoms with van der Waals surface area (Å²) in [6.07, 6.45) is 4.62. The SMILES string of the molecule is O=c1c2c(nc3c(-c4cccc(Br)c4)c[nH]n13)CCC2. The second-order valence-corrected chi connectivity index (χ2v) is 5.97. The predicted octanol–water partition coefficient (Wildman–Crippen LogP) is 2.94. The highest BCUT2D eigenvalue weighted by atomic mass is 79.9. The zero-order valence-corrected chi connectivity index (χ0v) is 12.3. The van der Waals surface area contributed by atoms with Crippen molar-refractivity contribution in [2.75, 3.05) is 0 Å². The highest BCUT2D eigenvalue weighted by Crippen LogP contribution is 2.27. The van der Waals surface area contributed by atoms with E-state index in [9.17, 15) is 4.79 Å². The van der Waals surface area contributed by atoms with Crippen LogP contribution in [0.5, 0.6) is 0 Å². The standard InChI is InChI=1S/C15H12BrN3O/c16-10-4-1-3-9(7-10)12-8-17-19-14(12)18-13-6-2-5-11(13)15(19)20/h1,3-4,7-8,17H,2,5-6H2. The lowest BCUT2D eigenvalue weighted by Crippen LogP contribution is -2.20. The van der Waals surface area contributed by atoms with Crippen LogP contribution in [0.3, 0.4) is 0 Å². The number of H-pyrrole nitrogens is 1. The summed E-state index contributed by atoms with van der Waals surface area (Å²) in [6, 6.07) is 8.01. The van der Waals surface area contributed by atoms with Gasteiger partial charge in [-0.15, -0.1) is 0 Å². The molecule has 1 aliphatic rings. The molecule has 4 nitrogen and oxygen atoms in total. The molecular weight excluding hydrogens is 318 g/mol. The van der Waals surface area contributed by atoms with E-state index in [-0.39, 0.29) is 5.56 Å². The molecule has 5 heteroatoms. The van der Waals surface area contributed by atoms with Crippen LogP contribution in [0.15, 0.2) is 39.7 Å². The predicted molar refractivity (Wildman–Crippen MR) is 81.0 cm³/mol. The van der Waals surface area contributed by atoms with E-state index < -0.39 is 0 Å². The van der Waals surface area contributed by atoms with Gasteiger partial charge in [-0.25, -0.2) is 9.50 Å². The van der Waals surface area contributed by atoms with Gasteiger partial charge in [-0.2, -0.15) is 0 Å². The molecule has 4 rings (SSSR count). The Hall–Kier alpha value is -1.88. The summed E-state index contributed by atoms with van der Waals surface area (Å²) < 4.78 is 2.57. The van der Waals surface area contributed by atoms with Gasteiger partial charge in [0.25, 0.3) is 5.56 Å². The van der Waals surface area contributed by atoms with E-state index in [4.69, 9.17) is 4.98 Å². The van der Waals surface area contributed by atoms with Crippen molar-refractivity contribution < 1.29 is 0 Å². The first kappa shape index (κ1) is 11.9. The Labute approximate surface area is 123 Å². The third-order valence-corrected chi connectivity index (χ3v) is 4.31. The third kappa shape index (κ3) is 1.66. The quantitative estimate of drug-likeness (QED) is 0.746. The van der Waals surface area contributed by atoms with Crippen molar-refractivity contribution in [1.82, 2.24) is 14.6 Å². The molecule has 0 saturated carbocycles. The van der Waals surface area contributed by atoms with Crippen molar-refractivity contribution in [3.05, 3.63) is 56.5 Å². The van der Waals surface area contributed by atoms with Gasteiger partial charge in [0.2, 0.25) is 0 Å². The van der Waals surface area contributed by atoms with Crippen molar-refractivity contribution in [3.8, 4) is 11.1 Å². The van der Waals surface area contributed by atoms with Crippen LogP contribution in [0.25, 0.3) is 16.8 Å². The fraction of sp³-hybridized carbons (Fsp3) is 0.200. The molecule has 0 saturated heterocycles. The Balaban J connectivity index is 2.03. The second kappa shape index (κ2) is 4.31. The first-order chi connectivity index (χ1) is 9.74. The first-order valence-electron chi connectivity index (χ1n) is 6.62. The highest BCUT2D eigenvalue weighted by molar-refractivity contribution is 9.10. The molecule has 0 fully saturated rings. The van der Waals surface area contributed by atoms with Crippen LogP contribution in [-0.4, -0.2) is 14.6 Å². The van der Waals surface area contributed by atoms with E-state index in [1.165, 1.54) is 0 Å². The normalized spacial score (nSPS) is 13.8. The average molecular weight is 330 g/mol. The molecule has 1 N–H and O–H groups in total. The number of aryl methyl sites for hydroxylation is 1. The van der Waals surface area contributed by atoms with Gasteiger partial charge in [0.05, 0.1) is 5.69 Å². The average Bonchev–Trinajstić information content (AvgIpc) is 3.05. The van der Waals surface area contributed by atoms with E-state index in [0.717, 1.165) is 46.1 Å². The Morgan fingerprint density at radius 2 is 2.20 bits per heavy atom. The zero-order valence-electron chi connectivity index (χ0n) is 10.7. The number of hydrogen-bond acceptors (Lipinski definition) is 2. The lowest BCUT2D eigenvalue weighted by atomic mass is 10.1. The molecule has 1 aromatic carbocycles. The summed E-state index contributed by atoms with van der Waals surface area (Å²) in [5.41, 5.74) is 4.59. The summed E-state index contributed by atoms with van der Waals surface area (Å²) in [5, 5.41) is 3.03. The summed E-state index contributed by atoms with van der Waals surface area (Å²) in [4.78, 5) is 17.1. The number of fused-ring (bicyclic) bond motifs is 2. The minimum absolute atomic E-state index is 0.0451. The first-order valence-corrected chi connectivity index (χ1v) is 7.41. The molecule has 2 heterocycles. The molecule has 3 aromatic rings. The van der Waals surface area contributed by atoms with Crippen LogP contribution < -0.4 is 5.56 Å². The Morgan fingerprint density at radius 3 is 3.05 bits per heavy atom. The monoisotopic (exact) mass is 329 g/mol. The number of hydrogen-bond donors (Lipinski definition) is 1. The summed E-state index contributed by atoms with van der Waals surface area (Å²) in [5.74, 6) is 0. The molecule has 0 aliphatic heterocycles. The molecular formula is C15H12BrN3O. The van der Waals surface area contributed by atoms with Gasteiger partial charge in [-0.3, -0.25) is 9.89 Å². The van der Waals surface area contributed by atoms with Gasteiger partial charge in [0.1, 0.15) is 0 Å². The van der Waals surface area contributed by atoms with Crippen LogP contribution in [-0.2, 0) is 12.8 Å². The number of rotatable bonds is 1. The molecule has 2 aromatic heterocycles. The van der Waals surface area contributed by atoms with Gasteiger partial charge in [0.15, 0.2) is 5.65 Å². The molecule has 0 spiro atoms. The largest absolute Gasteiger partial charge is 0.296 e. The van der Waals surface area contributed by atoms with Crippen LogP contribution in [0.4, 0.5) is 0 Å². The Bertz CT molecular complexity index is 878. The van der Waals surface area contributed by atoms with E-state index in [2.05, 4.69) is 21.0 Å². The van der Waals surface area contributed by atoms with E-state index in [1.54, 1.807) is 4.52 Å². The molecule has 0 amide bonds. The molecule has 1 aliphatic carbocycles. The number of aromatic amines is 1. The van der Waals surface area contributed by atoms with E-state index in [0.29, 0.717) is 5.65 Å². The molecule has 0 unspecified atom stereocenters. The number of nitrogens with one attached hydrogen (secondary N) is 1. The molecule has 0 radical (unpaired) electrons. The Morgan fingerprint density at radius 1 is 1.30 bits per heavy atom. The van der Waals surface area contributed by atoms with Crippen molar-refractivity contribution >= 4 is 21.6 Å². The third-order valence-electron chi connectivity index (χ3n) is 3.82. The minimum atomic E-state index is 0.0451. The van der Waals surface area contributed by atoms with Gasteiger partial charge < -0.3 is 0 Å². The molecule has 0 atom stereocenters. The minimum Gasteiger partial charge on any atom is -0.296 e. The highest BCUT2D eigenvalue weighted by Gasteiger charge is 2.20. The topological polar surface area (TPSA) is 50.2 Å². The van der Waals surface area contributed by atoms with Crippen molar-refractivity contribution in [2.24, 2.45) is 0 Å². The second-order valence-electron chi connectivity index (χ2n) is 5.05. The maximum Gasteiger partial charge on any atom is 0.276 e. The fourth-order valence-electron chi connectivity index (χ4n) is 2.85. The van der Waals surface area contributed by atoms with Gasteiger partial charge >= 0.3 is 0 Å². The summed E-state index contributed by atoms with van der Waals surface area (Å²) >= 11 is 3.48. The number of benzene rings is 1. The molecule has 20 heavy (non-hydrogen) atoms. The zero-order chi connectivity index (χ0) is 13.7.